The Morgan fingerprint density at radius 2 is 2.30 bits per heavy atom. The number of hydrogen-bond donors (Lipinski definition) is 0. The number of ether oxygens (including phenoxy) is 1. The summed E-state index contributed by atoms with van der Waals surface area (Å²) in [6.45, 7) is 0. The Hall–Kier alpha value is -1.56. The number of aryl methyl sites for hydroxylation is 1. The van der Waals surface area contributed by atoms with Crippen molar-refractivity contribution >= 4 is 28.8 Å². The number of pyridine rings is 1. The quantitative estimate of drug-likeness (QED) is 0.625. The van der Waals surface area contributed by atoms with Gasteiger partial charge in [-0.1, -0.05) is 0 Å². The fourth-order valence-electron chi connectivity index (χ4n) is 2.29. The van der Waals surface area contributed by atoms with Crippen LogP contribution in [0.3, 0.4) is 0 Å². The van der Waals surface area contributed by atoms with Gasteiger partial charge in [-0.15, -0.1) is 11.8 Å². The molecule has 0 aromatic carbocycles. The molecule has 0 N–H and O–H groups in total. The standard InChI is InChI=1S/C14H17N3O2S/c1-17-9-16-12-10(17)3-6-15-13(12)20-8-14(4-5-14)7-11(18)19-2/h3,6,9H,4-5,7-8H2,1-2H3. The van der Waals surface area contributed by atoms with E-state index >= 15 is 0 Å². The highest BCUT2D eigenvalue weighted by atomic mass is 32.2. The predicted molar refractivity (Wildman–Crippen MR) is 77.5 cm³/mol. The van der Waals surface area contributed by atoms with Crippen LogP contribution in [0.1, 0.15) is 19.3 Å². The van der Waals surface area contributed by atoms with E-state index in [1.165, 1.54) is 7.11 Å². The third kappa shape index (κ3) is 2.52. The van der Waals surface area contributed by atoms with Crippen LogP contribution in [0.2, 0.25) is 0 Å². The molecule has 1 fully saturated rings. The summed E-state index contributed by atoms with van der Waals surface area (Å²) in [5.74, 6) is 0.775. The van der Waals surface area contributed by atoms with Crippen LogP contribution in [-0.2, 0) is 16.6 Å². The van der Waals surface area contributed by atoms with Crippen molar-refractivity contribution in [3.05, 3.63) is 18.6 Å². The molecule has 1 aliphatic carbocycles. The molecule has 0 saturated heterocycles. The van der Waals surface area contributed by atoms with Crippen molar-refractivity contribution in [1.29, 1.82) is 0 Å². The molecule has 106 valence electrons. The predicted octanol–water partition coefficient (Wildman–Crippen LogP) is 2.40. The molecule has 1 aliphatic rings. The number of carbonyl (C=O) groups is 1. The van der Waals surface area contributed by atoms with E-state index in [2.05, 4.69) is 9.97 Å². The van der Waals surface area contributed by atoms with Crippen molar-refractivity contribution in [2.24, 2.45) is 12.5 Å². The minimum Gasteiger partial charge on any atom is -0.469 e. The molecule has 3 rings (SSSR count). The SMILES string of the molecule is COC(=O)CC1(CSc2nccc3c2ncn3C)CC1. The van der Waals surface area contributed by atoms with Crippen molar-refractivity contribution in [2.75, 3.05) is 12.9 Å². The van der Waals surface area contributed by atoms with E-state index in [1.54, 1.807) is 18.1 Å². The second-order valence-corrected chi connectivity index (χ2v) is 6.34. The fraction of sp³-hybridized carbons (Fsp3) is 0.500. The van der Waals surface area contributed by atoms with Gasteiger partial charge in [0, 0.05) is 19.0 Å². The molecule has 0 amide bonds. The average molecular weight is 291 g/mol. The van der Waals surface area contributed by atoms with Crippen molar-refractivity contribution in [1.82, 2.24) is 14.5 Å². The summed E-state index contributed by atoms with van der Waals surface area (Å²) in [7, 11) is 3.42. The van der Waals surface area contributed by atoms with Crippen LogP contribution < -0.4 is 0 Å². The van der Waals surface area contributed by atoms with E-state index in [0.29, 0.717) is 6.42 Å². The van der Waals surface area contributed by atoms with Crippen molar-refractivity contribution in [3.63, 3.8) is 0 Å². The first-order valence-electron chi connectivity index (χ1n) is 6.59. The Labute approximate surface area is 121 Å². The number of carbonyl (C=O) groups excluding carboxylic acids is 1. The molecule has 6 heteroatoms. The van der Waals surface area contributed by atoms with Crippen LogP contribution in [0.4, 0.5) is 0 Å². The molecule has 0 spiro atoms. The van der Waals surface area contributed by atoms with Gasteiger partial charge in [-0.2, -0.15) is 0 Å². The molecule has 0 bridgehead atoms. The van der Waals surface area contributed by atoms with Crippen LogP contribution >= 0.6 is 11.8 Å². The van der Waals surface area contributed by atoms with Crippen LogP contribution in [0.5, 0.6) is 0 Å². The number of fused-ring (bicyclic) bond motifs is 1. The molecule has 2 heterocycles. The molecule has 0 unspecified atom stereocenters. The maximum absolute atomic E-state index is 11.4. The van der Waals surface area contributed by atoms with E-state index in [4.69, 9.17) is 4.74 Å². The number of imidazole rings is 1. The zero-order valence-electron chi connectivity index (χ0n) is 11.6. The molecule has 2 aromatic heterocycles. The van der Waals surface area contributed by atoms with Gasteiger partial charge in [-0.05, 0) is 24.3 Å². The number of aromatic nitrogens is 3. The summed E-state index contributed by atoms with van der Waals surface area (Å²) in [5, 5.41) is 0.944. The van der Waals surface area contributed by atoms with E-state index < -0.39 is 0 Å². The number of hydrogen-bond acceptors (Lipinski definition) is 5. The summed E-state index contributed by atoms with van der Waals surface area (Å²) in [6.07, 6.45) is 6.30. The highest BCUT2D eigenvalue weighted by Crippen LogP contribution is 2.52. The molecule has 2 aromatic rings. The number of thioether (sulfide) groups is 1. The highest BCUT2D eigenvalue weighted by Gasteiger charge is 2.44. The van der Waals surface area contributed by atoms with Gasteiger partial charge in [0.2, 0.25) is 0 Å². The zero-order chi connectivity index (χ0) is 14.2. The Balaban J connectivity index is 1.73. The van der Waals surface area contributed by atoms with Gasteiger partial charge in [0.05, 0.1) is 25.4 Å². The third-order valence-electron chi connectivity index (χ3n) is 3.83. The Morgan fingerprint density at radius 1 is 1.50 bits per heavy atom. The van der Waals surface area contributed by atoms with Gasteiger partial charge in [-0.25, -0.2) is 9.97 Å². The van der Waals surface area contributed by atoms with Crippen LogP contribution in [-0.4, -0.2) is 33.4 Å². The van der Waals surface area contributed by atoms with Gasteiger partial charge in [0.1, 0.15) is 10.5 Å². The third-order valence-corrected chi connectivity index (χ3v) is 5.16. The largest absolute Gasteiger partial charge is 0.469 e. The maximum Gasteiger partial charge on any atom is 0.306 e. The lowest BCUT2D eigenvalue weighted by atomic mass is 10.1. The lowest BCUT2D eigenvalue weighted by Gasteiger charge is -2.12. The van der Waals surface area contributed by atoms with Crippen molar-refractivity contribution in [2.45, 2.75) is 24.3 Å². The van der Waals surface area contributed by atoms with Crippen molar-refractivity contribution in [3.8, 4) is 0 Å². The number of methoxy groups -OCH3 is 1. The normalized spacial score (nSPS) is 16.3. The summed E-state index contributed by atoms with van der Waals surface area (Å²) >= 11 is 1.69. The molecular weight excluding hydrogens is 274 g/mol. The highest BCUT2D eigenvalue weighted by molar-refractivity contribution is 7.99. The number of esters is 1. The molecule has 0 aliphatic heterocycles. The van der Waals surface area contributed by atoms with Crippen molar-refractivity contribution < 1.29 is 9.53 Å². The number of nitrogens with zero attached hydrogens (tertiary/aromatic N) is 3. The van der Waals surface area contributed by atoms with Gasteiger partial charge >= 0.3 is 5.97 Å². The van der Waals surface area contributed by atoms with Gasteiger partial charge in [0.15, 0.2) is 0 Å². The Morgan fingerprint density at radius 3 is 3.00 bits per heavy atom. The number of rotatable bonds is 5. The maximum atomic E-state index is 11.4. The second kappa shape index (κ2) is 5.09. The van der Waals surface area contributed by atoms with Crippen LogP contribution in [0, 0.1) is 5.41 Å². The first-order chi connectivity index (χ1) is 9.63. The van der Waals surface area contributed by atoms with E-state index in [-0.39, 0.29) is 11.4 Å². The first kappa shape index (κ1) is 13.4. The molecular formula is C14H17N3O2S. The molecule has 0 atom stereocenters. The summed E-state index contributed by atoms with van der Waals surface area (Å²) in [6, 6.07) is 1.97. The van der Waals surface area contributed by atoms with Gasteiger partial charge < -0.3 is 9.30 Å². The molecule has 1 saturated carbocycles. The summed E-state index contributed by atoms with van der Waals surface area (Å²) in [5.41, 5.74) is 2.13. The van der Waals surface area contributed by atoms with Crippen LogP contribution in [0.25, 0.3) is 11.0 Å². The second-order valence-electron chi connectivity index (χ2n) is 5.38. The van der Waals surface area contributed by atoms with Gasteiger partial charge in [-0.3, -0.25) is 4.79 Å². The Kier molecular flexibility index (Phi) is 3.41. The molecule has 5 nitrogen and oxygen atoms in total. The van der Waals surface area contributed by atoms with E-state index in [0.717, 1.165) is 34.7 Å². The Bertz CT molecular complexity index is 649. The molecule has 20 heavy (non-hydrogen) atoms. The zero-order valence-corrected chi connectivity index (χ0v) is 12.4. The molecule has 0 radical (unpaired) electrons. The van der Waals surface area contributed by atoms with E-state index in [9.17, 15) is 4.79 Å². The smallest absolute Gasteiger partial charge is 0.306 e. The lowest BCUT2D eigenvalue weighted by Crippen LogP contribution is -2.13. The fourth-order valence-corrected chi connectivity index (χ4v) is 3.56. The minimum atomic E-state index is -0.118. The topological polar surface area (TPSA) is 57.0 Å². The van der Waals surface area contributed by atoms with Gasteiger partial charge in [0.25, 0.3) is 0 Å². The monoisotopic (exact) mass is 291 g/mol. The average Bonchev–Trinajstić information content (AvgIpc) is 3.12. The lowest BCUT2D eigenvalue weighted by molar-refractivity contribution is -0.141. The minimum absolute atomic E-state index is 0.108. The summed E-state index contributed by atoms with van der Waals surface area (Å²) in [4.78, 5) is 20.3. The first-order valence-corrected chi connectivity index (χ1v) is 7.58. The van der Waals surface area contributed by atoms with E-state index in [1.807, 2.05) is 23.9 Å². The van der Waals surface area contributed by atoms with Crippen LogP contribution in [0.15, 0.2) is 23.6 Å². The summed E-state index contributed by atoms with van der Waals surface area (Å²) < 4.78 is 6.76.